The molecule has 2 atom stereocenters. The highest BCUT2D eigenvalue weighted by atomic mass is 16.5. The summed E-state index contributed by atoms with van der Waals surface area (Å²) < 4.78 is 0. The summed E-state index contributed by atoms with van der Waals surface area (Å²) in [4.78, 5) is 11.3. The van der Waals surface area contributed by atoms with E-state index in [0.29, 0.717) is 5.70 Å². The summed E-state index contributed by atoms with van der Waals surface area (Å²) in [6.45, 7) is 5.70. The molecule has 0 spiro atoms. The van der Waals surface area contributed by atoms with Crippen molar-refractivity contribution >= 4 is 34.3 Å². The molecule has 6 rings (SSSR count). The fourth-order valence-corrected chi connectivity index (χ4v) is 4.97. The summed E-state index contributed by atoms with van der Waals surface area (Å²) >= 11 is 0. The molecule has 1 N–H and O–H groups in total. The molecule has 6 nitrogen and oxygen atoms in total. The van der Waals surface area contributed by atoms with Crippen molar-refractivity contribution in [3.63, 3.8) is 0 Å². The minimum absolute atomic E-state index is 0.0689. The lowest BCUT2D eigenvalue weighted by molar-refractivity contribution is -0.800. The minimum atomic E-state index is -0.590. The Kier molecular flexibility index (Phi) is 5.01. The van der Waals surface area contributed by atoms with Gasteiger partial charge in [0.2, 0.25) is 0 Å². The lowest BCUT2D eigenvalue weighted by Gasteiger charge is -2.28. The van der Waals surface area contributed by atoms with Gasteiger partial charge in [-0.1, -0.05) is 36.4 Å². The van der Waals surface area contributed by atoms with E-state index in [0.717, 1.165) is 50.1 Å². The standard InChI is InChI=1S/C30H25N5O/c1-19-34-18-33-27-15-21(23-14-22-6-4-5-7-26(22)32-16-23)10-13-25(27)29(34)28(35(19)36)20-8-11-24(12-9-20)30(2,3)17-31/h4-16,18-19,35H,1-3H3. The van der Waals surface area contributed by atoms with Gasteiger partial charge >= 0.3 is 0 Å². The topological polar surface area (TPSA) is 79.8 Å². The number of hydrogen-bond acceptors (Lipinski definition) is 5. The molecular formula is C30H25N5O. The van der Waals surface area contributed by atoms with Crippen LogP contribution in [0.2, 0.25) is 0 Å². The number of pyridine rings is 1. The number of nitrogens with one attached hydrogen (secondary N) is 1. The monoisotopic (exact) mass is 471 g/mol. The van der Waals surface area contributed by atoms with Crippen LogP contribution < -0.4 is 5.06 Å². The summed E-state index contributed by atoms with van der Waals surface area (Å²) in [7, 11) is 0. The van der Waals surface area contributed by atoms with E-state index in [1.807, 2.05) is 74.3 Å². The number of nitriles is 1. The Balaban J connectivity index is 1.45. The lowest BCUT2D eigenvalue weighted by atomic mass is 9.86. The fraction of sp³-hybridized carbons (Fsp3) is 0.167. The SMILES string of the molecule is CC1N2C=Nc3cc(-c4cnc5ccccc5c4)ccc3C2=C(c2ccc(C(C)(C)C#N)cc2)[NH+]1[O-]. The first-order valence-electron chi connectivity index (χ1n) is 12.0. The van der Waals surface area contributed by atoms with Crippen LogP contribution in [0.15, 0.2) is 84.0 Å². The molecule has 0 fully saturated rings. The molecule has 6 heteroatoms. The first kappa shape index (κ1) is 22.2. The number of rotatable bonds is 3. The molecule has 36 heavy (non-hydrogen) atoms. The maximum Gasteiger partial charge on any atom is 0.170 e. The van der Waals surface area contributed by atoms with Crippen molar-refractivity contribution in [1.29, 1.82) is 5.26 Å². The zero-order chi connectivity index (χ0) is 25.0. The second-order valence-corrected chi connectivity index (χ2v) is 9.88. The minimum Gasteiger partial charge on any atom is -0.627 e. The number of benzene rings is 3. The molecule has 2 unspecified atom stereocenters. The van der Waals surface area contributed by atoms with E-state index in [-0.39, 0.29) is 11.2 Å². The Bertz CT molecular complexity index is 1610. The van der Waals surface area contributed by atoms with Crippen molar-refractivity contribution in [3.8, 4) is 17.2 Å². The molecule has 0 aliphatic carbocycles. The van der Waals surface area contributed by atoms with Gasteiger partial charge < -0.3 is 10.3 Å². The first-order chi connectivity index (χ1) is 17.4. The second-order valence-electron chi connectivity index (χ2n) is 9.88. The third-order valence-electron chi connectivity index (χ3n) is 7.21. The van der Waals surface area contributed by atoms with Crippen LogP contribution in [0.3, 0.4) is 0 Å². The maximum absolute atomic E-state index is 13.4. The average molecular weight is 472 g/mol. The van der Waals surface area contributed by atoms with Crippen LogP contribution in [0.25, 0.3) is 33.4 Å². The van der Waals surface area contributed by atoms with Crippen molar-refractivity contribution in [3.05, 3.63) is 101 Å². The average Bonchev–Trinajstić information content (AvgIpc) is 3.18. The summed E-state index contributed by atoms with van der Waals surface area (Å²) in [6, 6.07) is 26.5. The molecule has 3 aromatic carbocycles. The molecule has 0 bridgehead atoms. The van der Waals surface area contributed by atoms with Crippen LogP contribution in [-0.4, -0.2) is 22.4 Å². The smallest absolute Gasteiger partial charge is 0.170 e. The molecule has 0 saturated carbocycles. The van der Waals surface area contributed by atoms with Gasteiger partial charge in [-0.15, -0.1) is 0 Å². The van der Waals surface area contributed by atoms with Crippen LogP contribution in [0.4, 0.5) is 5.69 Å². The summed E-state index contributed by atoms with van der Waals surface area (Å²) in [5.41, 5.74) is 7.54. The van der Waals surface area contributed by atoms with Gasteiger partial charge in [0.15, 0.2) is 11.9 Å². The molecule has 0 radical (unpaired) electrons. The van der Waals surface area contributed by atoms with E-state index in [1.165, 1.54) is 0 Å². The van der Waals surface area contributed by atoms with Crippen LogP contribution >= 0.6 is 0 Å². The molecular weight excluding hydrogens is 446 g/mol. The van der Waals surface area contributed by atoms with Crippen LogP contribution in [0, 0.1) is 16.5 Å². The van der Waals surface area contributed by atoms with Crippen molar-refractivity contribution in [2.75, 3.05) is 0 Å². The van der Waals surface area contributed by atoms with Crippen molar-refractivity contribution in [2.24, 2.45) is 4.99 Å². The molecule has 1 aromatic heterocycles. The van der Waals surface area contributed by atoms with Gasteiger partial charge in [0, 0.05) is 35.2 Å². The Labute approximate surface area is 210 Å². The van der Waals surface area contributed by atoms with Gasteiger partial charge in [0.25, 0.3) is 0 Å². The molecule has 3 heterocycles. The number of quaternary nitrogens is 1. The van der Waals surface area contributed by atoms with Gasteiger partial charge in [-0.05, 0) is 61.4 Å². The van der Waals surface area contributed by atoms with Crippen molar-refractivity contribution < 1.29 is 5.06 Å². The highest BCUT2D eigenvalue weighted by Gasteiger charge is 2.39. The van der Waals surface area contributed by atoms with Gasteiger partial charge in [0.1, 0.15) is 12.0 Å². The maximum atomic E-state index is 13.4. The van der Waals surface area contributed by atoms with E-state index < -0.39 is 5.41 Å². The summed E-state index contributed by atoms with van der Waals surface area (Å²) in [6.07, 6.45) is 3.33. The van der Waals surface area contributed by atoms with E-state index in [4.69, 9.17) is 4.99 Å². The number of nitrogens with zero attached hydrogens (tertiary/aromatic N) is 4. The number of para-hydroxylation sites is 1. The second kappa shape index (κ2) is 8.13. The van der Waals surface area contributed by atoms with E-state index in [2.05, 4.69) is 41.4 Å². The van der Waals surface area contributed by atoms with E-state index in [1.54, 1.807) is 6.34 Å². The van der Waals surface area contributed by atoms with Gasteiger partial charge in [0.05, 0.1) is 22.7 Å². The Morgan fingerprint density at radius 2 is 1.72 bits per heavy atom. The van der Waals surface area contributed by atoms with Crippen LogP contribution in [-0.2, 0) is 5.41 Å². The predicted molar refractivity (Wildman–Crippen MR) is 143 cm³/mol. The third-order valence-corrected chi connectivity index (χ3v) is 7.21. The zero-order valence-corrected chi connectivity index (χ0v) is 20.4. The van der Waals surface area contributed by atoms with Crippen LogP contribution in [0.5, 0.6) is 0 Å². The highest BCUT2D eigenvalue weighted by molar-refractivity contribution is 5.99. The van der Waals surface area contributed by atoms with Gasteiger partial charge in [-0.25, -0.2) is 4.99 Å². The number of fused-ring (bicyclic) bond motifs is 4. The highest BCUT2D eigenvalue weighted by Crippen LogP contribution is 2.41. The summed E-state index contributed by atoms with van der Waals surface area (Å²) in [5.74, 6) is 0. The Hall–Kier alpha value is -4.31. The zero-order valence-electron chi connectivity index (χ0n) is 20.4. The number of aliphatic imine (C=N–C) groups is 1. The lowest BCUT2D eigenvalue weighted by Crippen LogP contribution is -3.07. The number of hydroxylamine groups is 2. The predicted octanol–water partition coefficient (Wildman–Crippen LogP) is 5.25. The molecule has 0 amide bonds. The number of aromatic nitrogens is 1. The van der Waals surface area contributed by atoms with Gasteiger partial charge in [-0.2, -0.15) is 5.26 Å². The number of hydrogen-bond donors (Lipinski definition) is 1. The van der Waals surface area contributed by atoms with Crippen molar-refractivity contribution in [1.82, 2.24) is 9.88 Å². The van der Waals surface area contributed by atoms with E-state index in [9.17, 15) is 10.5 Å². The molecule has 4 aromatic rings. The molecule has 176 valence electrons. The van der Waals surface area contributed by atoms with Crippen molar-refractivity contribution in [2.45, 2.75) is 32.4 Å². The van der Waals surface area contributed by atoms with Gasteiger partial charge in [-0.3, -0.25) is 9.88 Å². The first-order valence-corrected chi connectivity index (χ1v) is 12.0. The quantitative estimate of drug-likeness (QED) is 0.414. The Morgan fingerprint density at radius 1 is 0.972 bits per heavy atom. The molecule has 2 aliphatic heterocycles. The Morgan fingerprint density at radius 3 is 2.50 bits per heavy atom. The molecule has 2 aliphatic rings. The largest absolute Gasteiger partial charge is 0.627 e. The normalized spacial score (nSPS) is 18.8. The third kappa shape index (κ3) is 3.41. The molecule has 0 saturated heterocycles. The van der Waals surface area contributed by atoms with E-state index >= 15 is 0 Å². The summed E-state index contributed by atoms with van der Waals surface area (Å²) in [5, 5.41) is 24.1. The van der Waals surface area contributed by atoms with Crippen LogP contribution in [0.1, 0.15) is 37.5 Å². The fourth-order valence-electron chi connectivity index (χ4n) is 4.97.